The lowest BCUT2D eigenvalue weighted by molar-refractivity contribution is 0.0904. The number of hydrogen-bond acceptors (Lipinski definition) is 3. The molecule has 1 aromatic heterocycles. The minimum atomic E-state index is 0.0246. The van der Waals surface area contributed by atoms with Crippen LogP contribution in [-0.2, 0) is 4.74 Å². The van der Waals surface area contributed by atoms with Crippen LogP contribution in [0.5, 0.6) is 0 Å². The van der Waals surface area contributed by atoms with E-state index in [1.807, 2.05) is 0 Å². The first kappa shape index (κ1) is 10.6. The van der Waals surface area contributed by atoms with E-state index in [2.05, 4.69) is 15.9 Å². The maximum atomic E-state index is 11.9. The Morgan fingerprint density at radius 1 is 1.71 bits per heavy atom. The van der Waals surface area contributed by atoms with Gasteiger partial charge in [-0.05, 0) is 28.4 Å². The van der Waals surface area contributed by atoms with E-state index >= 15 is 0 Å². The number of halogens is 2. The number of rotatable bonds is 2. The van der Waals surface area contributed by atoms with Crippen molar-refractivity contribution in [3.8, 4) is 0 Å². The van der Waals surface area contributed by atoms with Gasteiger partial charge in [0.2, 0.25) is 0 Å². The third kappa shape index (κ3) is 2.03. The zero-order valence-corrected chi connectivity index (χ0v) is 10.4. The van der Waals surface area contributed by atoms with Crippen molar-refractivity contribution >= 4 is 44.7 Å². The van der Waals surface area contributed by atoms with Crippen molar-refractivity contribution in [1.82, 2.24) is 0 Å². The van der Waals surface area contributed by atoms with Crippen molar-refractivity contribution in [2.24, 2.45) is 5.92 Å². The van der Waals surface area contributed by atoms with Crippen LogP contribution < -0.4 is 0 Å². The van der Waals surface area contributed by atoms with Gasteiger partial charge in [0.15, 0.2) is 5.78 Å². The zero-order valence-electron chi connectivity index (χ0n) is 7.26. The highest BCUT2D eigenvalue weighted by Gasteiger charge is 2.26. The Morgan fingerprint density at radius 3 is 3.00 bits per heavy atom. The molecule has 1 atom stereocenters. The van der Waals surface area contributed by atoms with Crippen LogP contribution in [0, 0.1) is 5.92 Å². The summed E-state index contributed by atoms with van der Waals surface area (Å²) in [5.41, 5.74) is 0. The summed E-state index contributed by atoms with van der Waals surface area (Å²) in [6.07, 6.45) is 0.825. The molecule has 0 radical (unpaired) electrons. The monoisotopic (exact) mass is 294 g/mol. The van der Waals surface area contributed by atoms with E-state index < -0.39 is 0 Å². The second kappa shape index (κ2) is 4.31. The highest BCUT2D eigenvalue weighted by atomic mass is 79.9. The SMILES string of the molecule is O=C(c1cc(Cl)c(Br)s1)C1CCOC1. The average molecular weight is 296 g/mol. The Kier molecular flexibility index (Phi) is 3.27. The van der Waals surface area contributed by atoms with Crippen molar-refractivity contribution < 1.29 is 9.53 Å². The third-order valence-electron chi connectivity index (χ3n) is 2.19. The predicted octanol–water partition coefficient (Wildman–Crippen LogP) is 3.38. The lowest BCUT2D eigenvalue weighted by atomic mass is 10.0. The molecule has 14 heavy (non-hydrogen) atoms. The number of ether oxygens (including phenoxy) is 1. The molecule has 0 saturated carbocycles. The molecular weight excluding hydrogens is 288 g/mol. The molecule has 1 unspecified atom stereocenters. The van der Waals surface area contributed by atoms with Crippen molar-refractivity contribution in [2.75, 3.05) is 13.2 Å². The molecule has 1 aromatic rings. The van der Waals surface area contributed by atoms with Gasteiger partial charge in [0.1, 0.15) is 0 Å². The maximum absolute atomic E-state index is 11.9. The van der Waals surface area contributed by atoms with Gasteiger partial charge in [0, 0.05) is 12.5 Å². The minimum absolute atomic E-state index is 0.0246. The summed E-state index contributed by atoms with van der Waals surface area (Å²) in [6.45, 7) is 1.24. The highest BCUT2D eigenvalue weighted by molar-refractivity contribution is 9.11. The molecule has 1 saturated heterocycles. The van der Waals surface area contributed by atoms with E-state index in [1.165, 1.54) is 11.3 Å². The lowest BCUT2D eigenvalue weighted by Gasteiger charge is -2.02. The van der Waals surface area contributed by atoms with Crippen molar-refractivity contribution in [3.05, 3.63) is 19.8 Å². The van der Waals surface area contributed by atoms with E-state index in [4.69, 9.17) is 16.3 Å². The van der Waals surface area contributed by atoms with Crippen LogP contribution in [0.2, 0.25) is 5.02 Å². The second-order valence-electron chi connectivity index (χ2n) is 3.16. The summed E-state index contributed by atoms with van der Waals surface area (Å²) in [5.74, 6) is 0.178. The molecule has 1 aliphatic heterocycles. The molecule has 1 aliphatic rings. The van der Waals surface area contributed by atoms with E-state index in [0.29, 0.717) is 18.2 Å². The summed E-state index contributed by atoms with van der Waals surface area (Å²) >= 11 is 10.5. The summed E-state index contributed by atoms with van der Waals surface area (Å²) in [5, 5.41) is 0.609. The fraction of sp³-hybridized carbons (Fsp3) is 0.444. The zero-order chi connectivity index (χ0) is 10.1. The summed E-state index contributed by atoms with van der Waals surface area (Å²) in [6, 6.07) is 1.72. The average Bonchev–Trinajstić information content (AvgIpc) is 2.76. The van der Waals surface area contributed by atoms with Crippen LogP contribution in [0.1, 0.15) is 16.1 Å². The van der Waals surface area contributed by atoms with Gasteiger partial charge in [-0.15, -0.1) is 11.3 Å². The first-order valence-electron chi connectivity index (χ1n) is 4.25. The van der Waals surface area contributed by atoms with Gasteiger partial charge in [-0.25, -0.2) is 0 Å². The van der Waals surface area contributed by atoms with Gasteiger partial charge in [0.05, 0.1) is 20.3 Å². The van der Waals surface area contributed by atoms with Gasteiger partial charge in [-0.1, -0.05) is 11.6 Å². The van der Waals surface area contributed by atoms with Crippen molar-refractivity contribution in [1.29, 1.82) is 0 Å². The van der Waals surface area contributed by atoms with Crippen LogP contribution in [0.15, 0.2) is 9.85 Å². The Morgan fingerprint density at radius 2 is 2.50 bits per heavy atom. The van der Waals surface area contributed by atoms with E-state index in [1.54, 1.807) is 6.07 Å². The van der Waals surface area contributed by atoms with Crippen LogP contribution in [0.4, 0.5) is 0 Å². The first-order chi connectivity index (χ1) is 6.68. The molecule has 5 heteroatoms. The molecule has 76 valence electrons. The second-order valence-corrected chi connectivity index (χ2v) is 5.93. The van der Waals surface area contributed by atoms with E-state index in [9.17, 15) is 4.79 Å². The normalized spacial score (nSPS) is 21.4. The fourth-order valence-electron chi connectivity index (χ4n) is 1.41. The van der Waals surface area contributed by atoms with Crippen LogP contribution >= 0.6 is 38.9 Å². The van der Waals surface area contributed by atoms with Gasteiger partial charge >= 0.3 is 0 Å². The fourth-order valence-corrected chi connectivity index (χ4v) is 3.13. The van der Waals surface area contributed by atoms with Gasteiger partial charge in [-0.2, -0.15) is 0 Å². The molecule has 0 bridgehead atoms. The quantitative estimate of drug-likeness (QED) is 0.782. The number of ketones is 1. The molecule has 2 heterocycles. The van der Waals surface area contributed by atoms with Crippen molar-refractivity contribution in [2.45, 2.75) is 6.42 Å². The molecule has 2 nitrogen and oxygen atoms in total. The van der Waals surface area contributed by atoms with Gasteiger partial charge in [-0.3, -0.25) is 4.79 Å². The molecule has 0 amide bonds. The Balaban J connectivity index is 2.18. The molecule has 0 spiro atoms. The summed E-state index contributed by atoms with van der Waals surface area (Å²) in [4.78, 5) is 12.6. The predicted molar refractivity (Wildman–Crippen MR) is 60.3 cm³/mol. The summed E-state index contributed by atoms with van der Waals surface area (Å²) in [7, 11) is 0. The van der Waals surface area contributed by atoms with Gasteiger partial charge in [0.25, 0.3) is 0 Å². The number of carbonyl (C=O) groups is 1. The summed E-state index contributed by atoms with van der Waals surface area (Å²) < 4.78 is 6.00. The molecule has 2 rings (SSSR count). The Labute approximate surface area is 99.3 Å². The largest absolute Gasteiger partial charge is 0.381 e. The molecule has 0 aliphatic carbocycles. The smallest absolute Gasteiger partial charge is 0.178 e. The number of thiophene rings is 1. The molecule has 1 fully saturated rings. The van der Waals surface area contributed by atoms with Crippen LogP contribution in [-0.4, -0.2) is 19.0 Å². The van der Waals surface area contributed by atoms with E-state index in [0.717, 1.165) is 15.1 Å². The standard InChI is InChI=1S/C9H8BrClO2S/c10-9-6(11)3-7(14-9)8(12)5-1-2-13-4-5/h3,5H,1-2,4H2. The van der Waals surface area contributed by atoms with Crippen molar-refractivity contribution in [3.63, 3.8) is 0 Å². The first-order valence-corrected chi connectivity index (χ1v) is 6.24. The van der Waals surface area contributed by atoms with Crippen LogP contribution in [0.3, 0.4) is 0 Å². The Bertz CT molecular complexity index is 338. The van der Waals surface area contributed by atoms with E-state index in [-0.39, 0.29) is 11.7 Å². The Hall–Kier alpha value is 0.1000. The topological polar surface area (TPSA) is 26.3 Å². The number of hydrogen-bond donors (Lipinski definition) is 0. The number of Topliss-reactive ketones (excluding diaryl/α,β-unsaturated/α-hetero) is 1. The van der Waals surface area contributed by atoms with Crippen LogP contribution in [0.25, 0.3) is 0 Å². The lowest BCUT2D eigenvalue weighted by Crippen LogP contribution is -2.12. The van der Waals surface area contributed by atoms with Gasteiger partial charge < -0.3 is 4.74 Å². The molecule has 0 N–H and O–H groups in total. The maximum Gasteiger partial charge on any atom is 0.178 e. The molecule has 0 aromatic carbocycles. The minimum Gasteiger partial charge on any atom is -0.381 e. The third-order valence-corrected chi connectivity index (χ3v) is 4.68. The highest BCUT2D eigenvalue weighted by Crippen LogP contribution is 2.34. The molecular formula is C9H8BrClO2S. The number of carbonyl (C=O) groups excluding carboxylic acids is 1.